The van der Waals surface area contributed by atoms with Crippen molar-refractivity contribution in [3.8, 4) is 17.2 Å². The van der Waals surface area contributed by atoms with E-state index in [9.17, 15) is 4.57 Å². The first-order valence-corrected chi connectivity index (χ1v) is 12.7. The first-order chi connectivity index (χ1) is 16.4. The fraction of sp³-hybridized carbons (Fsp3) is 0.222. The number of amidine groups is 1. The Hall–Kier alpha value is -3.50. The molecule has 4 rings (SSSR count). The van der Waals surface area contributed by atoms with E-state index in [0.29, 0.717) is 30.3 Å². The van der Waals surface area contributed by atoms with Crippen molar-refractivity contribution in [1.29, 1.82) is 0 Å². The van der Waals surface area contributed by atoms with Crippen molar-refractivity contribution < 1.29 is 18.3 Å². The molecule has 0 radical (unpaired) electrons. The zero-order chi connectivity index (χ0) is 24.0. The van der Waals surface area contributed by atoms with E-state index in [4.69, 9.17) is 13.8 Å². The van der Waals surface area contributed by atoms with Gasteiger partial charge < -0.3 is 18.7 Å². The fourth-order valence-corrected chi connectivity index (χ4v) is 5.20. The lowest BCUT2D eigenvalue weighted by Gasteiger charge is -2.35. The molecule has 7 heteroatoms. The molecule has 3 aromatic carbocycles. The lowest BCUT2D eigenvalue weighted by molar-refractivity contribution is 0.350. The second-order valence-electron chi connectivity index (χ2n) is 8.20. The molecule has 1 atom stereocenters. The predicted octanol–water partition coefficient (Wildman–Crippen LogP) is 6.90. The van der Waals surface area contributed by atoms with Crippen molar-refractivity contribution in [3.05, 3.63) is 102 Å². The number of rotatable bonds is 8. The monoisotopic (exact) mass is 476 g/mol. The summed E-state index contributed by atoms with van der Waals surface area (Å²) in [5.41, 5.74) is 2.25. The van der Waals surface area contributed by atoms with Gasteiger partial charge in [0, 0.05) is 19.0 Å². The lowest BCUT2D eigenvalue weighted by atomic mass is 10.0. The Bertz CT molecular complexity index is 1150. The summed E-state index contributed by atoms with van der Waals surface area (Å²) in [6.45, 7) is 4.75. The second kappa shape index (κ2) is 10.6. The van der Waals surface area contributed by atoms with Gasteiger partial charge in [-0.3, -0.25) is 0 Å². The topological polar surface area (TPSA) is 60.4 Å². The Kier molecular flexibility index (Phi) is 7.39. The van der Waals surface area contributed by atoms with E-state index in [0.717, 1.165) is 16.9 Å². The molecule has 3 aromatic rings. The predicted molar refractivity (Wildman–Crippen MR) is 136 cm³/mol. The van der Waals surface area contributed by atoms with Gasteiger partial charge in [0.25, 0.3) is 0 Å². The van der Waals surface area contributed by atoms with Gasteiger partial charge in [0.15, 0.2) is 0 Å². The Labute approximate surface area is 201 Å². The molecule has 0 N–H and O–H groups in total. The van der Waals surface area contributed by atoms with Crippen LogP contribution in [-0.2, 0) is 11.1 Å². The average molecular weight is 477 g/mol. The number of hydrogen-bond donors (Lipinski definition) is 0. The zero-order valence-electron chi connectivity index (χ0n) is 19.6. The standard InChI is InChI=1S/C27H29N2O4P/c1-21-18-22(2)29(20-23-14-16-24(31-3)17-15-23)27(19-21)28-34(30,32-25-10-6-4-7-11-25)33-26-12-8-5-9-13-26/h4-18,22H,19-20H2,1-3H3/b28-27+. The Morgan fingerprint density at radius 2 is 1.44 bits per heavy atom. The van der Waals surface area contributed by atoms with Crippen molar-refractivity contribution in [2.75, 3.05) is 7.11 Å². The zero-order valence-corrected chi connectivity index (χ0v) is 20.5. The molecule has 0 spiro atoms. The van der Waals surface area contributed by atoms with E-state index in [-0.39, 0.29) is 6.04 Å². The van der Waals surface area contributed by atoms with E-state index in [2.05, 4.69) is 29.6 Å². The molecule has 1 heterocycles. The van der Waals surface area contributed by atoms with Crippen LogP contribution in [0, 0.1) is 0 Å². The van der Waals surface area contributed by atoms with Crippen LogP contribution in [0.25, 0.3) is 0 Å². The molecular weight excluding hydrogens is 447 g/mol. The number of hydrogen-bond acceptors (Lipinski definition) is 4. The minimum Gasteiger partial charge on any atom is -0.497 e. The van der Waals surface area contributed by atoms with Gasteiger partial charge >= 0.3 is 7.75 Å². The SMILES string of the molecule is COc1ccc(CN2/C(=N/P(=O)(Oc3ccccc3)Oc3ccccc3)CC(C)=CC2C)cc1. The van der Waals surface area contributed by atoms with Gasteiger partial charge in [0.05, 0.1) is 7.11 Å². The minimum absolute atomic E-state index is 0.0662. The van der Waals surface area contributed by atoms with Crippen LogP contribution in [0.2, 0.25) is 0 Å². The summed E-state index contributed by atoms with van der Waals surface area (Å²) in [6, 6.07) is 26.0. The molecule has 1 aliphatic heterocycles. The van der Waals surface area contributed by atoms with Crippen molar-refractivity contribution in [3.63, 3.8) is 0 Å². The molecular formula is C27H29N2O4P. The number of para-hydroxylation sites is 2. The maximum absolute atomic E-state index is 14.0. The maximum Gasteiger partial charge on any atom is 0.564 e. The molecule has 0 amide bonds. The van der Waals surface area contributed by atoms with Gasteiger partial charge in [0.1, 0.15) is 23.1 Å². The molecule has 0 saturated carbocycles. The highest BCUT2D eigenvalue weighted by atomic mass is 31.2. The smallest absolute Gasteiger partial charge is 0.497 e. The molecule has 176 valence electrons. The van der Waals surface area contributed by atoms with Crippen molar-refractivity contribution in [2.45, 2.75) is 32.9 Å². The third-order valence-electron chi connectivity index (χ3n) is 5.46. The van der Waals surface area contributed by atoms with Crippen molar-refractivity contribution >= 4 is 13.6 Å². The molecule has 6 nitrogen and oxygen atoms in total. The molecule has 0 aromatic heterocycles. The number of methoxy groups -OCH3 is 1. The molecule has 0 bridgehead atoms. The molecule has 0 saturated heterocycles. The van der Waals surface area contributed by atoms with Crippen LogP contribution >= 0.6 is 7.75 Å². The Morgan fingerprint density at radius 3 is 1.97 bits per heavy atom. The van der Waals surface area contributed by atoms with Crippen LogP contribution < -0.4 is 13.8 Å². The van der Waals surface area contributed by atoms with Gasteiger partial charge in [-0.25, -0.2) is 4.57 Å². The molecule has 34 heavy (non-hydrogen) atoms. The van der Waals surface area contributed by atoms with E-state index in [1.165, 1.54) is 0 Å². The maximum atomic E-state index is 14.0. The van der Waals surface area contributed by atoms with Gasteiger partial charge in [-0.05, 0) is 55.8 Å². The fourth-order valence-electron chi connectivity index (χ4n) is 3.83. The highest BCUT2D eigenvalue weighted by molar-refractivity contribution is 7.53. The Morgan fingerprint density at radius 1 is 0.882 bits per heavy atom. The highest BCUT2D eigenvalue weighted by Crippen LogP contribution is 2.51. The van der Waals surface area contributed by atoms with Crippen molar-refractivity contribution in [2.24, 2.45) is 4.76 Å². The highest BCUT2D eigenvalue weighted by Gasteiger charge is 2.33. The van der Waals surface area contributed by atoms with Gasteiger partial charge in [0.2, 0.25) is 0 Å². The van der Waals surface area contributed by atoms with Crippen LogP contribution in [0.3, 0.4) is 0 Å². The van der Waals surface area contributed by atoms with Gasteiger partial charge in [-0.15, -0.1) is 4.76 Å². The number of benzene rings is 3. The quantitative estimate of drug-likeness (QED) is 0.261. The van der Waals surface area contributed by atoms with Crippen LogP contribution in [0.5, 0.6) is 17.2 Å². The normalized spacial score (nSPS) is 17.3. The summed E-state index contributed by atoms with van der Waals surface area (Å²) < 4.78 is 35.7. The minimum atomic E-state index is -3.94. The summed E-state index contributed by atoms with van der Waals surface area (Å²) in [4.78, 5) is 2.13. The molecule has 1 unspecified atom stereocenters. The third-order valence-corrected chi connectivity index (χ3v) is 6.82. The largest absolute Gasteiger partial charge is 0.564 e. The molecule has 0 fully saturated rings. The van der Waals surface area contributed by atoms with Crippen LogP contribution in [0.4, 0.5) is 0 Å². The molecule has 1 aliphatic rings. The first-order valence-electron chi connectivity index (χ1n) is 11.2. The summed E-state index contributed by atoms with van der Waals surface area (Å²) in [7, 11) is -2.29. The Balaban J connectivity index is 1.69. The summed E-state index contributed by atoms with van der Waals surface area (Å²) in [5, 5.41) is 0. The van der Waals surface area contributed by atoms with Crippen LogP contribution in [0.15, 0.2) is 101 Å². The van der Waals surface area contributed by atoms with Gasteiger partial charge in [-0.1, -0.05) is 60.2 Å². The lowest BCUT2D eigenvalue weighted by Crippen LogP contribution is -2.40. The summed E-state index contributed by atoms with van der Waals surface area (Å²) in [5.74, 6) is 2.34. The van der Waals surface area contributed by atoms with E-state index < -0.39 is 7.75 Å². The van der Waals surface area contributed by atoms with E-state index in [1.807, 2.05) is 60.7 Å². The first kappa shape index (κ1) is 23.7. The van der Waals surface area contributed by atoms with E-state index in [1.54, 1.807) is 31.4 Å². The second-order valence-corrected chi connectivity index (χ2v) is 9.70. The average Bonchev–Trinajstić information content (AvgIpc) is 2.83. The van der Waals surface area contributed by atoms with Crippen LogP contribution in [-0.4, -0.2) is 23.9 Å². The molecule has 0 aliphatic carbocycles. The summed E-state index contributed by atoms with van der Waals surface area (Å²) >= 11 is 0. The summed E-state index contributed by atoms with van der Waals surface area (Å²) in [6.07, 6.45) is 2.75. The third kappa shape index (κ3) is 6.09. The van der Waals surface area contributed by atoms with Crippen LogP contribution in [0.1, 0.15) is 25.8 Å². The van der Waals surface area contributed by atoms with Gasteiger partial charge in [-0.2, -0.15) is 0 Å². The number of nitrogens with zero attached hydrogens (tertiary/aromatic N) is 2. The number of ether oxygens (including phenoxy) is 1. The van der Waals surface area contributed by atoms with E-state index >= 15 is 0 Å². The van der Waals surface area contributed by atoms with Crippen molar-refractivity contribution in [1.82, 2.24) is 4.90 Å².